The van der Waals surface area contributed by atoms with Gasteiger partial charge in [-0.2, -0.15) is 4.98 Å². The second-order valence-corrected chi connectivity index (χ2v) is 4.92. The summed E-state index contributed by atoms with van der Waals surface area (Å²) in [6, 6.07) is 1.96. The Kier molecular flexibility index (Phi) is 5.24. The third kappa shape index (κ3) is 3.86. The van der Waals surface area contributed by atoms with Crippen molar-refractivity contribution in [2.45, 2.75) is 45.4 Å². The minimum atomic E-state index is 0.887. The van der Waals surface area contributed by atoms with Crippen molar-refractivity contribution < 1.29 is 0 Å². The lowest BCUT2D eigenvalue weighted by Gasteiger charge is -2.20. The van der Waals surface area contributed by atoms with Gasteiger partial charge in [0.25, 0.3) is 0 Å². The molecular weight excluding hydrogens is 224 g/mol. The number of nitrogens with one attached hydrogen (secondary N) is 1. The maximum Gasteiger partial charge on any atom is 0.227 e. The topological polar surface area (TPSA) is 41.1 Å². The zero-order valence-corrected chi connectivity index (χ0v) is 11.4. The third-order valence-corrected chi connectivity index (χ3v) is 3.37. The van der Waals surface area contributed by atoms with Crippen molar-refractivity contribution in [2.24, 2.45) is 0 Å². The van der Waals surface area contributed by atoms with Gasteiger partial charge < -0.3 is 10.2 Å². The quantitative estimate of drug-likeness (QED) is 0.813. The highest BCUT2D eigenvalue weighted by Crippen LogP contribution is 2.16. The van der Waals surface area contributed by atoms with Crippen molar-refractivity contribution in [3.05, 3.63) is 12.3 Å². The van der Waals surface area contributed by atoms with Crippen LogP contribution in [0.2, 0.25) is 0 Å². The Hall–Kier alpha value is -1.32. The highest BCUT2D eigenvalue weighted by Gasteiger charge is 2.12. The second kappa shape index (κ2) is 7.19. The Labute approximate surface area is 110 Å². The lowest BCUT2D eigenvalue weighted by atomic mass is 10.2. The summed E-state index contributed by atoms with van der Waals surface area (Å²) in [6.45, 7) is 5.38. The van der Waals surface area contributed by atoms with E-state index in [0.29, 0.717) is 0 Å². The second-order valence-electron chi connectivity index (χ2n) is 4.92. The van der Waals surface area contributed by atoms with E-state index in [4.69, 9.17) is 0 Å². The van der Waals surface area contributed by atoms with Gasteiger partial charge in [-0.3, -0.25) is 0 Å². The molecule has 1 aromatic rings. The Morgan fingerprint density at radius 2 is 2.00 bits per heavy atom. The predicted molar refractivity (Wildman–Crippen MR) is 76.1 cm³/mol. The van der Waals surface area contributed by atoms with Crippen LogP contribution in [0.3, 0.4) is 0 Å². The van der Waals surface area contributed by atoms with Crippen LogP contribution in [-0.2, 0) is 0 Å². The van der Waals surface area contributed by atoms with Gasteiger partial charge in [0.05, 0.1) is 0 Å². The van der Waals surface area contributed by atoms with Crippen LogP contribution in [0, 0.1) is 0 Å². The van der Waals surface area contributed by atoms with Crippen LogP contribution in [0.5, 0.6) is 0 Å². The first-order chi connectivity index (χ1) is 8.90. The molecule has 1 saturated heterocycles. The molecule has 18 heavy (non-hydrogen) atoms. The van der Waals surface area contributed by atoms with E-state index in [1.165, 1.54) is 38.5 Å². The molecule has 1 aliphatic rings. The summed E-state index contributed by atoms with van der Waals surface area (Å²) in [6.07, 6.45) is 9.45. The average molecular weight is 248 g/mol. The van der Waals surface area contributed by atoms with Gasteiger partial charge in [0.1, 0.15) is 5.82 Å². The summed E-state index contributed by atoms with van der Waals surface area (Å²) in [5.41, 5.74) is 0. The van der Waals surface area contributed by atoms with Crippen LogP contribution in [0.4, 0.5) is 11.8 Å². The molecule has 2 heterocycles. The molecule has 0 amide bonds. The first-order valence-electron chi connectivity index (χ1n) is 7.22. The van der Waals surface area contributed by atoms with Crippen molar-refractivity contribution in [1.29, 1.82) is 0 Å². The molecule has 0 bridgehead atoms. The van der Waals surface area contributed by atoms with E-state index >= 15 is 0 Å². The number of hydrogen-bond acceptors (Lipinski definition) is 4. The van der Waals surface area contributed by atoms with Gasteiger partial charge in [-0.15, -0.1) is 0 Å². The van der Waals surface area contributed by atoms with Crippen LogP contribution in [0.15, 0.2) is 12.3 Å². The summed E-state index contributed by atoms with van der Waals surface area (Å²) in [5, 5.41) is 3.36. The third-order valence-electron chi connectivity index (χ3n) is 3.37. The van der Waals surface area contributed by atoms with Gasteiger partial charge in [-0.1, -0.05) is 26.2 Å². The maximum absolute atomic E-state index is 4.61. The van der Waals surface area contributed by atoms with Crippen LogP contribution < -0.4 is 10.2 Å². The lowest BCUT2D eigenvalue weighted by Crippen LogP contribution is -2.26. The smallest absolute Gasteiger partial charge is 0.227 e. The fourth-order valence-corrected chi connectivity index (χ4v) is 2.26. The molecule has 100 valence electrons. The zero-order valence-electron chi connectivity index (χ0n) is 11.4. The van der Waals surface area contributed by atoms with Crippen LogP contribution in [-0.4, -0.2) is 29.6 Å². The Morgan fingerprint density at radius 1 is 1.22 bits per heavy atom. The molecule has 0 unspecified atom stereocenters. The molecule has 4 heteroatoms. The maximum atomic E-state index is 4.61. The van der Waals surface area contributed by atoms with E-state index in [1.807, 2.05) is 12.3 Å². The predicted octanol–water partition coefficient (Wildman–Crippen LogP) is 3.07. The number of hydrogen-bond donors (Lipinski definition) is 1. The highest BCUT2D eigenvalue weighted by molar-refractivity contribution is 5.41. The van der Waals surface area contributed by atoms with Gasteiger partial charge in [-0.25, -0.2) is 4.98 Å². The van der Waals surface area contributed by atoms with Crippen molar-refractivity contribution >= 4 is 11.8 Å². The minimum absolute atomic E-state index is 0.887. The molecule has 1 aromatic heterocycles. The van der Waals surface area contributed by atoms with Gasteiger partial charge in [-0.05, 0) is 25.3 Å². The van der Waals surface area contributed by atoms with Crippen molar-refractivity contribution in [1.82, 2.24) is 9.97 Å². The Bertz CT molecular complexity index is 345. The molecule has 0 atom stereocenters. The first-order valence-corrected chi connectivity index (χ1v) is 7.22. The Morgan fingerprint density at radius 3 is 2.72 bits per heavy atom. The number of aromatic nitrogens is 2. The standard InChI is InChI=1S/C14H24N4/c1-2-3-9-15-13-8-10-16-14(17-13)18-11-6-4-5-7-12-18/h8,10H,2-7,9,11-12H2,1H3,(H,15,16,17). The fraction of sp³-hybridized carbons (Fsp3) is 0.714. The zero-order chi connectivity index (χ0) is 12.6. The first kappa shape index (κ1) is 13.1. The fourth-order valence-electron chi connectivity index (χ4n) is 2.26. The number of rotatable bonds is 5. The monoisotopic (exact) mass is 248 g/mol. The molecule has 0 saturated carbocycles. The summed E-state index contributed by atoms with van der Waals surface area (Å²) in [5.74, 6) is 1.84. The molecule has 0 spiro atoms. The van der Waals surface area contributed by atoms with Crippen molar-refractivity contribution in [2.75, 3.05) is 29.9 Å². The van der Waals surface area contributed by atoms with E-state index in [-0.39, 0.29) is 0 Å². The van der Waals surface area contributed by atoms with Crippen molar-refractivity contribution in [3.8, 4) is 0 Å². The van der Waals surface area contributed by atoms with E-state index in [2.05, 4.69) is 27.1 Å². The van der Waals surface area contributed by atoms with Crippen molar-refractivity contribution in [3.63, 3.8) is 0 Å². The van der Waals surface area contributed by atoms with Gasteiger partial charge in [0.2, 0.25) is 5.95 Å². The minimum Gasteiger partial charge on any atom is -0.370 e. The molecule has 0 aromatic carbocycles. The number of nitrogens with zero attached hydrogens (tertiary/aromatic N) is 3. The van der Waals surface area contributed by atoms with E-state index in [0.717, 1.165) is 31.4 Å². The Balaban J connectivity index is 1.96. The van der Waals surface area contributed by atoms with Gasteiger partial charge >= 0.3 is 0 Å². The highest BCUT2D eigenvalue weighted by atomic mass is 15.3. The molecular formula is C14H24N4. The molecule has 1 N–H and O–H groups in total. The largest absolute Gasteiger partial charge is 0.370 e. The number of unbranched alkanes of at least 4 members (excludes halogenated alkanes) is 1. The van der Waals surface area contributed by atoms with Gasteiger partial charge in [0.15, 0.2) is 0 Å². The van der Waals surface area contributed by atoms with E-state index in [1.54, 1.807) is 0 Å². The molecule has 2 rings (SSSR count). The van der Waals surface area contributed by atoms with E-state index < -0.39 is 0 Å². The molecule has 0 aliphatic carbocycles. The normalized spacial score (nSPS) is 16.4. The summed E-state index contributed by atoms with van der Waals surface area (Å²) < 4.78 is 0. The van der Waals surface area contributed by atoms with Gasteiger partial charge in [0, 0.05) is 25.8 Å². The molecule has 0 radical (unpaired) electrons. The molecule has 1 fully saturated rings. The SMILES string of the molecule is CCCCNc1ccnc(N2CCCCCC2)n1. The lowest BCUT2D eigenvalue weighted by molar-refractivity contribution is 0.726. The molecule has 1 aliphatic heterocycles. The molecule has 4 nitrogen and oxygen atoms in total. The average Bonchev–Trinajstić information content (AvgIpc) is 2.68. The summed E-state index contributed by atoms with van der Waals surface area (Å²) in [7, 11) is 0. The number of anilines is 2. The summed E-state index contributed by atoms with van der Waals surface area (Å²) >= 11 is 0. The van der Waals surface area contributed by atoms with Crippen LogP contribution in [0.25, 0.3) is 0 Å². The van der Waals surface area contributed by atoms with E-state index in [9.17, 15) is 0 Å². The summed E-state index contributed by atoms with van der Waals surface area (Å²) in [4.78, 5) is 11.3. The van der Waals surface area contributed by atoms with Crippen LogP contribution in [0.1, 0.15) is 45.4 Å². The van der Waals surface area contributed by atoms with Crippen LogP contribution >= 0.6 is 0 Å².